The van der Waals surface area contributed by atoms with Gasteiger partial charge in [-0.3, -0.25) is 5.01 Å². The standard InChI is InChI=1S/C13H14F4N2O2/c1-2-21-12(20)10-7-18-19(11(10)13(15,16)17)9-5-3-8(14)4-6-9/h3-5,9,18H,2,6-7H2,1H3. The molecule has 1 heterocycles. The molecule has 21 heavy (non-hydrogen) atoms. The molecule has 1 atom stereocenters. The lowest BCUT2D eigenvalue weighted by molar-refractivity contribution is -0.140. The first-order valence-electron chi connectivity index (χ1n) is 6.38. The van der Waals surface area contributed by atoms with E-state index in [-0.39, 0.29) is 19.6 Å². The molecule has 0 bridgehead atoms. The minimum absolute atomic E-state index is 0.00918. The summed E-state index contributed by atoms with van der Waals surface area (Å²) in [6.45, 7) is 1.23. The van der Waals surface area contributed by atoms with Gasteiger partial charge in [0, 0.05) is 6.54 Å². The van der Waals surface area contributed by atoms with Gasteiger partial charge >= 0.3 is 12.1 Å². The fourth-order valence-corrected chi connectivity index (χ4v) is 2.22. The van der Waals surface area contributed by atoms with Gasteiger partial charge < -0.3 is 4.74 Å². The van der Waals surface area contributed by atoms with Gasteiger partial charge in [-0.15, -0.1) is 0 Å². The molecule has 2 rings (SSSR count). The van der Waals surface area contributed by atoms with E-state index in [2.05, 4.69) is 10.2 Å². The summed E-state index contributed by atoms with van der Waals surface area (Å²) in [6.07, 6.45) is -1.01. The Morgan fingerprint density at radius 3 is 2.76 bits per heavy atom. The third-order valence-corrected chi connectivity index (χ3v) is 3.11. The maximum Gasteiger partial charge on any atom is 0.433 e. The number of nitrogens with zero attached hydrogens (tertiary/aromatic N) is 1. The van der Waals surface area contributed by atoms with E-state index in [9.17, 15) is 22.4 Å². The van der Waals surface area contributed by atoms with E-state index in [4.69, 9.17) is 0 Å². The Balaban J connectivity index is 2.31. The van der Waals surface area contributed by atoms with Gasteiger partial charge in [0.15, 0.2) is 0 Å². The van der Waals surface area contributed by atoms with Gasteiger partial charge in [-0.2, -0.15) is 13.2 Å². The van der Waals surface area contributed by atoms with Gasteiger partial charge in [0.1, 0.15) is 11.5 Å². The third-order valence-electron chi connectivity index (χ3n) is 3.11. The molecule has 8 heteroatoms. The molecule has 116 valence electrons. The van der Waals surface area contributed by atoms with Gasteiger partial charge in [0.2, 0.25) is 0 Å². The topological polar surface area (TPSA) is 41.6 Å². The van der Waals surface area contributed by atoms with Crippen LogP contribution in [0, 0.1) is 0 Å². The molecule has 0 saturated carbocycles. The molecule has 0 radical (unpaired) electrons. The van der Waals surface area contributed by atoms with Crippen LogP contribution < -0.4 is 5.43 Å². The molecular formula is C13H14F4N2O2. The Labute approximate surface area is 118 Å². The van der Waals surface area contributed by atoms with E-state index >= 15 is 0 Å². The van der Waals surface area contributed by atoms with Crippen LogP contribution in [-0.2, 0) is 9.53 Å². The number of hydrogen-bond acceptors (Lipinski definition) is 4. The number of allylic oxidation sites excluding steroid dienone is 3. The molecule has 0 aromatic carbocycles. The maximum absolute atomic E-state index is 13.2. The highest BCUT2D eigenvalue weighted by Gasteiger charge is 2.47. The lowest BCUT2D eigenvalue weighted by Gasteiger charge is -2.31. The first-order valence-corrected chi connectivity index (χ1v) is 6.38. The predicted octanol–water partition coefficient (Wildman–Crippen LogP) is 2.37. The zero-order valence-corrected chi connectivity index (χ0v) is 11.2. The molecule has 1 unspecified atom stereocenters. The molecule has 0 aromatic heterocycles. The van der Waals surface area contributed by atoms with E-state index < -0.39 is 35.3 Å². The number of carbonyl (C=O) groups excluding carboxylic acids is 1. The van der Waals surface area contributed by atoms with Crippen molar-refractivity contribution in [3.05, 3.63) is 35.3 Å². The lowest BCUT2D eigenvalue weighted by atomic mass is 10.1. The molecule has 1 aliphatic heterocycles. The average Bonchev–Trinajstić information content (AvgIpc) is 2.84. The molecule has 4 nitrogen and oxygen atoms in total. The summed E-state index contributed by atoms with van der Waals surface area (Å²) in [5.41, 5.74) is 0.980. The SMILES string of the molecule is CCOC(=O)C1=C(C(F)(F)F)N(C2C=CC(F)=CC2)NC1. The van der Waals surface area contributed by atoms with Crippen molar-refractivity contribution in [3.63, 3.8) is 0 Å². The summed E-state index contributed by atoms with van der Waals surface area (Å²) >= 11 is 0. The highest BCUT2D eigenvalue weighted by molar-refractivity contribution is 5.90. The predicted molar refractivity (Wildman–Crippen MR) is 66.3 cm³/mol. The van der Waals surface area contributed by atoms with Crippen molar-refractivity contribution < 1.29 is 27.1 Å². The first kappa shape index (κ1) is 15.6. The van der Waals surface area contributed by atoms with Gasteiger partial charge in [-0.25, -0.2) is 14.6 Å². The molecular weight excluding hydrogens is 292 g/mol. The number of rotatable bonds is 3. The Hall–Kier alpha value is -1.83. The van der Waals surface area contributed by atoms with Crippen molar-refractivity contribution in [2.75, 3.05) is 13.2 Å². The van der Waals surface area contributed by atoms with Crippen LogP contribution in [-0.4, -0.2) is 36.3 Å². The van der Waals surface area contributed by atoms with Crippen molar-refractivity contribution in [1.29, 1.82) is 0 Å². The fourth-order valence-electron chi connectivity index (χ4n) is 2.22. The monoisotopic (exact) mass is 306 g/mol. The van der Waals surface area contributed by atoms with Crippen molar-refractivity contribution in [2.45, 2.75) is 25.6 Å². The normalized spacial score (nSPS) is 22.6. The number of halogens is 4. The minimum atomic E-state index is -4.71. The molecule has 0 spiro atoms. The van der Waals surface area contributed by atoms with Crippen LogP contribution in [0.3, 0.4) is 0 Å². The summed E-state index contributed by atoms with van der Waals surface area (Å²) in [5, 5.41) is 0.853. The second-order valence-electron chi connectivity index (χ2n) is 4.50. The van der Waals surface area contributed by atoms with Crippen LogP contribution >= 0.6 is 0 Å². The van der Waals surface area contributed by atoms with Crippen molar-refractivity contribution in [1.82, 2.24) is 10.4 Å². The lowest BCUT2D eigenvalue weighted by Crippen LogP contribution is -2.43. The number of ether oxygens (including phenoxy) is 1. The highest BCUT2D eigenvalue weighted by atomic mass is 19.4. The Morgan fingerprint density at radius 1 is 1.52 bits per heavy atom. The van der Waals surface area contributed by atoms with Gasteiger partial charge in [0.25, 0.3) is 0 Å². The van der Waals surface area contributed by atoms with Crippen LogP contribution in [0.2, 0.25) is 0 Å². The molecule has 2 aliphatic rings. The largest absolute Gasteiger partial charge is 0.463 e. The van der Waals surface area contributed by atoms with Crippen LogP contribution in [0.5, 0.6) is 0 Å². The Kier molecular flexibility index (Phi) is 4.36. The van der Waals surface area contributed by atoms with E-state index in [1.807, 2.05) is 0 Å². The number of esters is 1. The fraction of sp³-hybridized carbons (Fsp3) is 0.462. The zero-order valence-electron chi connectivity index (χ0n) is 11.2. The van der Waals surface area contributed by atoms with Crippen LogP contribution in [0.1, 0.15) is 13.3 Å². The number of hydrazine groups is 1. The maximum atomic E-state index is 13.2. The van der Waals surface area contributed by atoms with Crippen LogP contribution in [0.4, 0.5) is 17.6 Å². The summed E-state index contributed by atoms with van der Waals surface area (Å²) in [4.78, 5) is 11.6. The Bertz CT molecular complexity index is 523. The number of nitrogens with one attached hydrogen (secondary N) is 1. The quantitative estimate of drug-likeness (QED) is 0.642. The second kappa shape index (κ2) is 5.88. The first-order chi connectivity index (χ1) is 9.84. The molecule has 0 aromatic rings. The Morgan fingerprint density at radius 2 is 2.24 bits per heavy atom. The van der Waals surface area contributed by atoms with Crippen LogP contribution in [0.15, 0.2) is 35.3 Å². The van der Waals surface area contributed by atoms with E-state index in [1.54, 1.807) is 0 Å². The second-order valence-corrected chi connectivity index (χ2v) is 4.50. The molecule has 0 amide bonds. The molecule has 0 fully saturated rings. The van der Waals surface area contributed by atoms with Crippen molar-refractivity contribution in [2.24, 2.45) is 0 Å². The minimum Gasteiger partial charge on any atom is -0.463 e. The van der Waals surface area contributed by atoms with E-state index in [0.717, 1.165) is 11.1 Å². The summed E-state index contributed by atoms with van der Waals surface area (Å²) in [5.74, 6) is -1.49. The number of hydrogen-bond donors (Lipinski definition) is 1. The smallest absolute Gasteiger partial charge is 0.433 e. The highest BCUT2D eigenvalue weighted by Crippen LogP contribution is 2.36. The number of carbonyl (C=O) groups is 1. The summed E-state index contributed by atoms with van der Waals surface area (Å²) < 4.78 is 57.3. The van der Waals surface area contributed by atoms with E-state index in [0.29, 0.717) is 0 Å². The molecule has 1 aliphatic carbocycles. The third kappa shape index (κ3) is 3.26. The molecule has 1 N–H and O–H groups in total. The molecule has 0 saturated heterocycles. The summed E-state index contributed by atoms with van der Waals surface area (Å²) in [6, 6.07) is -0.715. The number of alkyl halides is 3. The summed E-state index contributed by atoms with van der Waals surface area (Å²) in [7, 11) is 0. The average molecular weight is 306 g/mol. The van der Waals surface area contributed by atoms with Gasteiger partial charge in [-0.1, -0.05) is 6.08 Å². The zero-order chi connectivity index (χ0) is 15.6. The van der Waals surface area contributed by atoms with Crippen LogP contribution in [0.25, 0.3) is 0 Å². The van der Waals surface area contributed by atoms with Gasteiger partial charge in [-0.05, 0) is 25.5 Å². The van der Waals surface area contributed by atoms with Gasteiger partial charge in [0.05, 0.1) is 18.2 Å². The van der Waals surface area contributed by atoms with Crippen molar-refractivity contribution in [3.8, 4) is 0 Å². The van der Waals surface area contributed by atoms with E-state index in [1.165, 1.54) is 19.1 Å². The van der Waals surface area contributed by atoms with Crippen molar-refractivity contribution >= 4 is 5.97 Å².